The summed E-state index contributed by atoms with van der Waals surface area (Å²) in [6, 6.07) is 9.00. The first-order valence-corrected chi connectivity index (χ1v) is 8.33. The third-order valence-electron chi connectivity index (χ3n) is 4.52. The summed E-state index contributed by atoms with van der Waals surface area (Å²) in [6.45, 7) is 6.43. The summed E-state index contributed by atoms with van der Waals surface area (Å²) in [6.07, 6.45) is 2.20. The van der Waals surface area contributed by atoms with Gasteiger partial charge in [-0.25, -0.2) is 0 Å². The quantitative estimate of drug-likeness (QED) is 0.833. The highest BCUT2D eigenvalue weighted by molar-refractivity contribution is 5.81. The van der Waals surface area contributed by atoms with Gasteiger partial charge in [-0.2, -0.15) is 5.26 Å². The van der Waals surface area contributed by atoms with Crippen molar-refractivity contribution in [2.75, 3.05) is 32.7 Å². The van der Waals surface area contributed by atoms with Gasteiger partial charge in [-0.3, -0.25) is 9.69 Å². The minimum absolute atomic E-state index is 0.0263. The Balaban J connectivity index is 1.50. The number of nitrogens with zero attached hydrogens (tertiary/aromatic N) is 3. The second kappa shape index (κ2) is 7.01. The largest absolute Gasteiger partial charge is 0.481 e. The van der Waals surface area contributed by atoms with Crippen LogP contribution in [-0.4, -0.2) is 54.5 Å². The summed E-state index contributed by atoms with van der Waals surface area (Å²) in [5.41, 5.74) is 0.538. The molecule has 1 amide bonds. The Labute approximate surface area is 137 Å². The molecular weight excluding hydrogens is 290 g/mol. The fraction of sp³-hybridized carbons (Fsp3) is 0.556. The van der Waals surface area contributed by atoms with E-state index in [4.69, 9.17) is 10.00 Å². The van der Waals surface area contributed by atoms with Crippen molar-refractivity contribution in [1.29, 1.82) is 5.26 Å². The maximum Gasteiger partial charge on any atom is 0.263 e. The number of carbonyl (C=O) groups is 1. The SMILES string of the molecule is C[C@@H](Oc1cccc(C#N)c1)C(=O)N1CCN(CC2CC2)CC1. The summed E-state index contributed by atoms with van der Waals surface area (Å²) in [7, 11) is 0. The van der Waals surface area contributed by atoms with Gasteiger partial charge < -0.3 is 9.64 Å². The molecule has 2 aliphatic rings. The molecule has 0 bridgehead atoms. The molecule has 1 aliphatic carbocycles. The summed E-state index contributed by atoms with van der Waals surface area (Å²) in [4.78, 5) is 16.9. The molecule has 3 rings (SSSR count). The smallest absolute Gasteiger partial charge is 0.263 e. The molecule has 1 aromatic carbocycles. The molecule has 0 spiro atoms. The molecule has 122 valence electrons. The molecule has 1 heterocycles. The van der Waals surface area contributed by atoms with Gasteiger partial charge in [0.25, 0.3) is 5.91 Å². The molecule has 2 fully saturated rings. The molecule has 1 saturated heterocycles. The molecule has 0 N–H and O–H groups in total. The predicted molar refractivity (Wildman–Crippen MR) is 87.0 cm³/mol. The maximum absolute atomic E-state index is 12.5. The van der Waals surface area contributed by atoms with E-state index < -0.39 is 6.10 Å². The molecule has 0 radical (unpaired) electrons. The lowest BCUT2D eigenvalue weighted by Crippen LogP contribution is -2.52. The van der Waals surface area contributed by atoms with Crippen LogP contribution in [0.25, 0.3) is 0 Å². The highest BCUT2D eigenvalue weighted by Gasteiger charge is 2.29. The Hall–Kier alpha value is -2.06. The van der Waals surface area contributed by atoms with Crippen LogP contribution in [0.15, 0.2) is 24.3 Å². The van der Waals surface area contributed by atoms with Crippen LogP contribution < -0.4 is 4.74 Å². The normalized spacial score (nSPS) is 19.9. The van der Waals surface area contributed by atoms with Crippen molar-refractivity contribution in [2.45, 2.75) is 25.9 Å². The van der Waals surface area contributed by atoms with E-state index in [0.717, 1.165) is 32.1 Å². The number of rotatable bonds is 5. The van der Waals surface area contributed by atoms with Crippen molar-refractivity contribution < 1.29 is 9.53 Å². The molecular formula is C18H23N3O2. The van der Waals surface area contributed by atoms with Gasteiger partial charge >= 0.3 is 0 Å². The van der Waals surface area contributed by atoms with E-state index in [1.54, 1.807) is 31.2 Å². The van der Waals surface area contributed by atoms with Crippen LogP contribution in [0.4, 0.5) is 0 Å². The Morgan fingerprint density at radius 2 is 2.09 bits per heavy atom. The zero-order valence-corrected chi connectivity index (χ0v) is 13.6. The summed E-state index contributed by atoms with van der Waals surface area (Å²) in [5.74, 6) is 1.49. The first-order chi connectivity index (χ1) is 11.2. The van der Waals surface area contributed by atoms with Gasteiger partial charge in [-0.05, 0) is 43.9 Å². The highest BCUT2D eigenvalue weighted by atomic mass is 16.5. The Morgan fingerprint density at radius 1 is 1.35 bits per heavy atom. The molecule has 1 atom stereocenters. The van der Waals surface area contributed by atoms with E-state index in [1.807, 2.05) is 4.90 Å². The minimum atomic E-state index is -0.529. The first-order valence-electron chi connectivity index (χ1n) is 8.33. The van der Waals surface area contributed by atoms with Crippen LogP contribution in [-0.2, 0) is 4.79 Å². The van der Waals surface area contributed by atoms with Crippen LogP contribution in [0.2, 0.25) is 0 Å². The Kier molecular flexibility index (Phi) is 4.82. The number of benzene rings is 1. The van der Waals surface area contributed by atoms with Crippen LogP contribution in [0.3, 0.4) is 0 Å². The van der Waals surface area contributed by atoms with Crippen molar-refractivity contribution in [3.8, 4) is 11.8 Å². The van der Waals surface area contributed by atoms with Crippen molar-refractivity contribution in [3.63, 3.8) is 0 Å². The van der Waals surface area contributed by atoms with Crippen molar-refractivity contribution in [1.82, 2.24) is 9.80 Å². The number of amides is 1. The summed E-state index contributed by atoms with van der Waals surface area (Å²) < 4.78 is 5.72. The van der Waals surface area contributed by atoms with Crippen LogP contribution >= 0.6 is 0 Å². The lowest BCUT2D eigenvalue weighted by Gasteiger charge is -2.35. The number of ether oxygens (including phenoxy) is 1. The van der Waals surface area contributed by atoms with Crippen molar-refractivity contribution in [3.05, 3.63) is 29.8 Å². The number of hydrogen-bond donors (Lipinski definition) is 0. The van der Waals surface area contributed by atoms with Gasteiger partial charge in [0, 0.05) is 32.7 Å². The van der Waals surface area contributed by atoms with E-state index in [2.05, 4.69) is 11.0 Å². The molecule has 1 saturated carbocycles. The topological polar surface area (TPSA) is 56.6 Å². The minimum Gasteiger partial charge on any atom is -0.481 e. The summed E-state index contributed by atoms with van der Waals surface area (Å²) >= 11 is 0. The zero-order chi connectivity index (χ0) is 16.2. The highest BCUT2D eigenvalue weighted by Crippen LogP contribution is 2.30. The summed E-state index contributed by atoms with van der Waals surface area (Å²) in [5, 5.41) is 8.92. The lowest BCUT2D eigenvalue weighted by molar-refractivity contribution is -0.139. The Bertz CT molecular complexity index is 599. The van der Waals surface area contributed by atoms with Gasteiger partial charge in [0.1, 0.15) is 5.75 Å². The van der Waals surface area contributed by atoms with E-state index in [0.29, 0.717) is 11.3 Å². The van der Waals surface area contributed by atoms with Gasteiger partial charge in [0.2, 0.25) is 0 Å². The standard InChI is InChI=1S/C18H23N3O2/c1-14(23-17-4-2-3-16(11-17)12-19)18(22)21-9-7-20(8-10-21)13-15-5-6-15/h2-4,11,14-15H,5-10,13H2,1H3/t14-/m1/s1. The third-order valence-corrected chi connectivity index (χ3v) is 4.52. The van der Waals surface area contributed by atoms with Crippen molar-refractivity contribution >= 4 is 5.91 Å². The van der Waals surface area contributed by atoms with Gasteiger partial charge in [0.05, 0.1) is 11.6 Å². The van der Waals surface area contributed by atoms with Gasteiger partial charge in [-0.15, -0.1) is 0 Å². The number of hydrogen-bond acceptors (Lipinski definition) is 4. The van der Waals surface area contributed by atoms with E-state index in [-0.39, 0.29) is 5.91 Å². The lowest BCUT2D eigenvalue weighted by atomic mass is 10.2. The monoisotopic (exact) mass is 313 g/mol. The average Bonchev–Trinajstić information content (AvgIpc) is 3.39. The first kappa shape index (κ1) is 15.8. The van der Waals surface area contributed by atoms with Gasteiger partial charge in [-0.1, -0.05) is 6.07 Å². The molecule has 0 unspecified atom stereocenters. The van der Waals surface area contributed by atoms with E-state index in [1.165, 1.54) is 19.4 Å². The van der Waals surface area contributed by atoms with Gasteiger partial charge in [0.15, 0.2) is 6.10 Å². The van der Waals surface area contributed by atoms with Crippen LogP contribution in [0, 0.1) is 17.2 Å². The van der Waals surface area contributed by atoms with Crippen molar-refractivity contribution in [2.24, 2.45) is 5.92 Å². The second-order valence-electron chi connectivity index (χ2n) is 6.47. The van der Waals surface area contributed by atoms with Crippen LogP contribution in [0.5, 0.6) is 5.75 Å². The molecule has 5 heteroatoms. The zero-order valence-electron chi connectivity index (χ0n) is 13.6. The van der Waals surface area contributed by atoms with E-state index >= 15 is 0 Å². The third kappa shape index (κ3) is 4.23. The number of piperazine rings is 1. The van der Waals surface area contributed by atoms with Crippen LogP contribution in [0.1, 0.15) is 25.3 Å². The molecule has 1 aromatic rings. The molecule has 23 heavy (non-hydrogen) atoms. The second-order valence-corrected chi connectivity index (χ2v) is 6.47. The fourth-order valence-electron chi connectivity index (χ4n) is 2.97. The molecule has 0 aromatic heterocycles. The average molecular weight is 313 g/mol. The Morgan fingerprint density at radius 3 is 2.74 bits per heavy atom. The molecule has 1 aliphatic heterocycles. The van der Waals surface area contributed by atoms with E-state index in [9.17, 15) is 4.79 Å². The maximum atomic E-state index is 12.5. The number of nitriles is 1. The predicted octanol–water partition coefficient (Wildman–Crippen LogP) is 1.88. The number of carbonyl (C=O) groups excluding carboxylic acids is 1. The fourth-order valence-corrected chi connectivity index (χ4v) is 2.97. The molecule has 5 nitrogen and oxygen atoms in total.